The first-order chi connectivity index (χ1) is 13.4. The highest BCUT2D eigenvalue weighted by molar-refractivity contribution is 8.04. The van der Waals surface area contributed by atoms with E-state index in [1.54, 1.807) is 18.2 Å². The number of imide groups is 1. The molecule has 2 aromatic carbocycles. The van der Waals surface area contributed by atoms with Crippen molar-refractivity contribution in [2.45, 2.75) is 6.92 Å². The number of halogens is 2. The summed E-state index contributed by atoms with van der Waals surface area (Å²) in [6.45, 7) is 1.84. The SMILES string of the molecule is CCSC1=C(c2ccc(OC)c(OC)c2)C(=O)N(c2ccc(F)cc2F)C1=O. The number of hydrogen-bond donors (Lipinski definition) is 0. The summed E-state index contributed by atoms with van der Waals surface area (Å²) in [5.74, 6) is -1.72. The van der Waals surface area contributed by atoms with Gasteiger partial charge in [-0.25, -0.2) is 13.7 Å². The second-order valence-corrected chi connectivity index (χ2v) is 7.02. The van der Waals surface area contributed by atoms with Crippen LogP contribution in [-0.2, 0) is 9.59 Å². The van der Waals surface area contributed by atoms with E-state index in [1.807, 2.05) is 6.92 Å². The van der Waals surface area contributed by atoms with Gasteiger partial charge in [0.25, 0.3) is 11.8 Å². The van der Waals surface area contributed by atoms with Crippen molar-refractivity contribution < 1.29 is 27.8 Å². The molecule has 0 aliphatic carbocycles. The van der Waals surface area contributed by atoms with Gasteiger partial charge in [0.15, 0.2) is 11.5 Å². The Hall–Kier alpha value is -2.87. The first kappa shape index (κ1) is 19.9. The van der Waals surface area contributed by atoms with Crippen molar-refractivity contribution >= 4 is 34.8 Å². The molecular weight excluding hydrogens is 388 g/mol. The lowest BCUT2D eigenvalue weighted by atomic mass is 10.1. The van der Waals surface area contributed by atoms with Crippen LogP contribution in [0.3, 0.4) is 0 Å². The van der Waals surface area contributed by atoms with Crippen LogP contribution in [0.2, 0.25) is 0 Å². The fraction of sp³-hybridized carbons (Fsp3) is 0.200. The Kier molecular flexibility index (Phi) is 5.69. The van der Waals surface area contributed by atoms with Crippen LogP contribution in [-0.4, -0.2) is 31.8 Å². The first-order valence-corrected chi connectivity index (χ1v) is 9.34. The highest BCUT2D eigenvalue weighted by atomic mass is 32.2. The highest BCUT2D eigenvalue weighted by Crippen LogP contribution is 2.41. The fourth-order valence-corrected chi connectivity index (χ4v) is 3.77. The molecular formula is C20H17F2NO4S. The number of amides is 2. The quantitative estimate of drug-likeness (QED) is 0.680. The van der Waals surface area contributed by atoms with E-state index in [0.29, 0.717) is 28.9 Å². The summed E-state index contributed by atoms with van der Waals surface area (Å²) >= 11 is 1.18. The molecule has 0 radical (unpaired) electrons. The lowest BCUT2D eigenvalue weighted by Gasteiger charge is -2.16. The molecule has 0 N–H and O–H groups in total. The van der Waals surface area contributed by atoms with E-state index in [4.69, 9.17) is 9.47 Å². The van der Waals surface area contributed by atoms with Gasteiger partial charge >= 0.3 is 0 Å². The van der Waals surface area contributed by atoms with Gasteiger partial charge in [0.2, 0.25) is 0 Å². The predicted molar refractivity (Wildman–Crippen MR) is 103 cm³/mol. The molecule has 0 fully saturated rings. The number of thioether (sulfide) groups is 1. The molecule has 146 valence electrons. The maximum Gasteiger partial charge on any atom is 0.272 e. The van der Waals surface area contributed by atoms with Gasteiger partial charge < -0.3 is 9.47 Å². The van der Waals surface area contributed by atoms with E-state index >= 15 is 0 Å². The van der Waals surface area contributed by atoms with E-state index in [-0.39, 0.29) is 16.2 Å². The number of ether oxygens (including phenoxy) is 2. The zero-order valence-corrected chi connectivity index (χ0v) is 16.2. The normalized spacial score (nSPS) is 14.1. The van der Waals surface area contributed by atoms with Crippen LogP contribution in [0.15, 0.2) is 41.3 Å². The molecule has 3 rings (SSSR count). The molecule has 28 heavy (non-hydrogen) atoms. The summed E-state index contributed by atoms with van der Waals surface area (Å²) in [7, 11) is 2.94. The number of hydrogen-bond acceptors (Lipinski definition) is 5. The van der Waals surface area contributed by atoms with Gasteiger partial charge in [0.05, 0.1) is 30.4 Å². The predicted octanol–water partition coefficient (Wildman–Crippen LogP) is 4.02. The molecule has 2 aromatic rings. The Morgan fingerprint density at radius 2 is 1.68 bits per heavy atom. The summed E-state index contributed by atoms with van der Waals surface area (Å²) in [5, 5.41) is 0. The van der Waals surface area contributed by atoms with Crippen molar-refractivity contribution in [3.05, 3.63) is 58.5 Å². The van der Waals surface area contributed by atoms with E-state index in [0.717, 1.165) is 17.0 Å². The zero-order chi connectivity index (χ0) is 20.4. The Morgan fingerprint density at radius 3 is 2.29 bits per heavy atom. The van der Waals surface area contributed by atoms with Gasteiger partial charge in [-0.3, -0.25) is 9.59 Å². The van der Waals surface area contributed by atoms with E-state index < -0.39 is 23.4 Å². The minimum atomic E-state index is -0.990. The van der Waals surface area contributed by atoms with Crippen molar-refractivity contribution in [3.63, 3.8) is 0 Å². The molecule has 0 bridgehead atoms. The van der Waals surface area contributed by atoms with Gasteiger partial charge in [-0.2, -0.15) is 0 Å². The third kappa shape index (κ3) is 3.35. The van der Waals surface area contributed by atoms with Crippen LogP contribution in [0.1, 0.15) is 12.5 Å². The number of carbonyl (C=O) groups is 2. The standard InChI is InChI=1S/C20H17F2NO4S/c1-4-28-18-17(11-5-8-15(26-2)16(9-11)27-3)19(24)23(20(18)25)14-7-6-12(21)10-13(14)22/h5-10H,4H2,1-3H3. The minimum absolute atomic E-state index is 0.140. The van der Waals surface area contributed by atoms with Crippen molar-refractivity contribution in [2.24, 2.45) is 0 Å². The highest BCUT2D eigenvalue weighted by Gasteiger charge is 2.41. The summed E-state index contributed by atoms with van der Waals surface area (Å²) in [4.78, 5) is 26.9. The van der Waals surface area contributed by atoms with Gasteiger partial charge in [0.1, 0.15) is 11.6 Å². The van der Waals surface area contributed by atoms with E-state index in [2.05, 4.69) is 0 Å². The first-order valence-electron chi connectivity index (χ1n) is 8.36. The molecule has 1 heterocycles. The molecule has 8 heteroatoms. The zero-order valence-electron chi connectivity index (χ0n) is 15.4. The van der Waals surface area contributed by atoms with Crippen LogP contribution in [0.5, 0.6) is 11.5 Å². The molecule has 0 atom stereocenters. The van der Waals surface area contributed by atoms with Gasteiger partial charge in [-0.05, 0) is 35.6 Å². The van der Waals surface area contributed by atoms with Crippen molar-refractivity contribution in [1.29, 1.82) is 0 Å². The van der Waals surface area contributed by atoms with Gasteiger partial charge in [-0.15, -0.1) is 11.8 Å². The van der Waals surface area contributed by atoms with Crippen LogP contribution in [0.4, 0.5) is 14.5 Å². The Labute approximate surface area is 164 Å². The van der Waals surface area contributed by atoms with Crippen LogP contribution in [0.25, 0.3) is 5.57 Å². The van der Waals surface area contributed by atoms with Crippen molar-refractivity contribution in [2.75, 3.05) is 24.9 Å². The monoisotopic (exact) mass is 405 g/mol. The summed E-state index contributed by atoms with van der Waals surface area (Å²) < 4.78 is 38.0. The number of rotatable bonds is 6. The van der Waals surface area contributed by atoms with Gasteiger partial charge in [-0.1, -0.05) is 13.0 Å². The summed E-state index contributed by atoms with van der Waals surface area (Å²) in [6.07, 6.45) is 0. The second-order valence-electron chi connectivity index (χ2n) is 5.75. The Morgan fingerprint density at radius 1 is 0.964 bits per heavy atom. The number of carbonyl (C=O) groups excluding carboxylic acids is 2. The lowest BCUT2D eigenvalue weighted by Crippen LogP contribution is -2.32. The molecule has 0 aromatic heterocycles. The number of anilines is 1. The lowest BCUT2D eigenvalue weighted by molar-refractivity contribution is -0.119. The summed E-state index contributed by atoms with van der Waals surface area (Å²) in [6, 6.07) is 7.54. The van der Waals surface area contributed by atoms with Crippen molar-refractivity contribution in [3.8, 4) is 11.5 Å². The summed E-state index contributed by atoms with van der Waals surface area (Å²) in [5.41, 5.74) is 0.291. The molecule has 1 aliphatic rings. The Bertz CT molecular complexity index is 990. The molecule has 0 saturated carbocycles. The third-order valence-corrected chi connectivity index (χ3v) is 5.11. The second kappa shape index (κ2) is 8.02. The average Bonchev–Trinajstić information content (AvgIpc) is 2.92. The smallest absolute Gasteiger partial charge is 0.272 e. The molecule has 0 spiro atoms. The maximum absolute atomic E-state index is 14.3. The molecule has 1 aliphatic heterocycles. The molecule has 0 saturated heterocycles. The Balaban J connectivity index is 2.13. The number of nitrogens with zero attached hydrogens (tertiary/aromatic N) is 1. The number of benzene rings is 2. The number of methoxy groups -OCH3 is 2. The topological polar surface area (TPSA) is 55.8 Å². The molecule has 5 nitrogen and oxygen atoms in total. The largest absolute Gasteiger partial charge is 0.493 e. The molecule has 0 unspecified atom stereocenters. The third-order valence-electron chi connectivity index (χ3n) is 4.15. The van der Waals surface area contributed by atoms with E-state index in [1.165, 1.54) is 26.0 Å². The van der Waals surface area contributed by atoms with Crippen LogP contribution >= 0.6 is 11.8 Å². The van der Waals surface area contributed by atoms with E-state index in [9.17, 15) is 18.4 Å². The van der Waals surface area contributed by atoms with Gasteiger partial charge in [0, 0.05) is 6.07 Å². The van der Waals surface area contributed by atoms with Crippen molar-refractivity contribution in [1.82, 2.24) is 0 Å². The maximum atomic E-state index is 14.3. The minimum Gasteiger partial charge on any atom is -0.493 e. The van der Waals surface area contributed by atoms with Crippen LogP contribution < -0.4 is 14.4 Å². The fourth-order valence-electron chi connectivity index (χ4n) is 2.92. The average molecular weight is 405 g/mol. The van der Waals surface area contributed by atoms with Crippen LogP contribution in [0, 0.1) is 11.6 Å². The molecule has 2 amide bonds.